The molecule has 2 aromatic heterocycles. The molecule has 0 unspecified atom stereocenters. The van der Waals surface area contributed by atoms with Gasteiger partial charge in [-0.2, -0.15) is 0 Å². The van der Waals surface area contributed by atoms with Crippen molar-refractivity contribution in [2.24, 2.45) is 5.73 Å². The topological polar surface area (TPSA) is 61.0 Å². The Bertz CT molecular complexity index is 490. The van der Waals surface area contributed by atoms with Crippen LogP contribution in [-0.2, 0) is 0 Å². The molecule has 16 heavy (non-hydrogen) atoms. The van der Waals surface area contributed by atoms with E-state index in [1.165, 1.54) is 0 Å². The summed E-state index contributed by atoms with van der Waals surface area (Å²) in [7, 11) is 0. The van der Waals surface area contributed by atoms with E-state index < -0.39 is 0 Å². The molecule has 0 saturated carbocycles. The van der Waals surface area contributed by atoms with Crippen molar-refractivity contribution in [2.75, 3.05) is 13.2 Å². The Morgan fingerprint density at radius 3 is 3.06 bits per heavy atom. The van der Waals surface area contributed by atoms with Crippen molar-refractivity contribution in [3.05, 3.63) is 29.0 Å². The zero-order chi connectivity index (χ0) is 11.4. The first-order chi connectivity index (χ1) is 7.81. The van der Waals surface area contributed by atoms with Crippen LogP contribution in [0.1, 0.15) is 6.42 Å². The quantitative estimate of drug-likeness (QED) is 0.872. The Morgan fingerprint density at radius 2 is 2.25 bits per heavy atom. The first-order valence-electron chi connectivity index (χ1n) is 5.04. The summed E-state index contributed by atoms with van der Waals surface area (Å²) in [5.74, 6) is 0.756. The maximum absolute atomic E-state index is 5.60. The lowest BCUT2D eigenvalue weighted by Gasteiger charge is -2.07. The van der Waals surface area contributed by atoms with Crippen molar-refractivity contribution in [3.63, 3.8) is 0 Å². The monoisotopic (exact) mass is 281 g/mol. The van der Waals surface area contributed by atoms with E-state index in [-0.39, 0.29) is 0 Å². The predicted octanol–water partition coefficient (Wildman–Crippen LogP) is 2.12. The first kappa shape index (κ1) is 11.3. The molecule has 0 aliphatic carbocycles. The van der Waals surface area contributed by atoms with E-state index in [9.17, 15) is 0 Å². The average Bonchev–Trinajstić information content (AvgIpc) is 2.29. The smallest absolute Gasteiger partial charge is 0.148 e. The highest BCUT2D eigenvalue weighted by Crippen LogP contribution is 2.23. The van der Waals surface area contributed by atoms with Gasteiger partial charge in [0.1, 0.15) is 11.3 Å². The van der Waals surface area contributed by atoms with E-state index in [2.05, 4.69) is 25.9 Å². The highest BCUT2D eigenvalue weighted by molar-refractivity contribution is 9.10. The fourth-order valence-corrected chi connectivity index (χ4v) is 1.68. The van der Waals surface area contributed by atoms with Crippen LogP contribution in [0.4, 0.5) is 0 Å². The van der Waals surface area contributed by atoms with Gasteiger partial charge in [0.2, 0.25) is 0 Å². The number of hydrogen-bond donors (Lipinski definition) is 1. The van der Waals surface area contributed by atoms with Gasteiger partial charge in [-0.05, 0) is 35.0 Å². The van der Waals surface area contributed by atoms with Crippen LogP contribution in [-0.4, -0.2) is 23.1 Å². The second kappa shape index (κ2) is 5.23. The molecule has 2 heterocycles. The number of ether oxygens (including phenoxy) is 1. The number of rotatable bonds is 4. The molecular weight excluding hydrogens is 270 g/mol. The molecule has 2 rings (SSSR count). The number of hydrogen-bond acceptors (Lipinski definition) is 4. The Labute approximate surface area is 102 Å². The van der Waals surface area contributed by atoms with Gasteiger partial charge in [-0.1, -0.05) is 0 Å². The Kier molecular flexibility index (Phi) is 3.69. The Balaban J connectivity index is 2.30. The molecule has 0 fully saturated rings. The van der Waals surface area contributed by atoms with Gasteiger partial charge in [0.05, 0.1) is 12.1 Å². The summed E-state index contributed by atoms with van der Waals surface area (Å²) in [5.41, 5.74) is 7.01. The summed E-state index contributed by atoms with van der Waals surface area (Å²) in [4.78, 5) is 8.53. The largest absolute Gasteiger partial charge is 0.491 e. The van der Waals surface area contributed by atoms with E-state index in [4.69, 9.17) is 10.5 Å². The van der Waals surface area contributed by atoms with Gasteiger partial charge in [-0.3, -0.25) is 4.98 Å². The van der Waals surface area contributed by atoms with Crippen molar-refractivity contribution in [1.82, 2.24) is 9.97 Å². The molecule has 0 radical (unpaired) electrons. The molecule has 4 nitrogen and oxygen atoms in total. The molecule has 2 N–H and O–H groups in total. The number of nitrogens with zero attached hydrogens (tertiary/aromatic N) is 2. The van der Waals surface area contributed by atoms with Crippen molar-refractivity contribution in [1.29, 1.82) is 0 Å². The maximum Gasteiger partial charge on any atom is 0.148 e. The second-order valence-corrected chi connectivity index (χ2v) is 4.24. The summed E-state index contributed by atoms with van der Waals surface area (Å²) in [6.07, 6.45) is 4.29. The van der Waals surface area contributed by atoms with E-state index in [1.54, 1.807) is 12.4 Å². The molecule has 5 heteroatoms. The van der Waals surface area contributed by atoms with Crippen LogP contribution in [0.25, 0.3) is 11.0 Å². The Hall–Kier alpha value is -1.20. The third-order valence-electron chi connectivity index (χ3n) is 2.11. The van der Waals surface area contributed by atoms with E-state index >= 15 is 0 Å². The van der Waals surface area contributed by atoms with Gasteiger partial charge in [0.25, 0.3) is 0 Å². The fraction of sp³-hybridized carbons (Fsp3) is 0.273. The number of nitrogens with two attached hydrogens (primary N) is 1. The van der Waals surface area contributed by atoms with Gasteiger partial charge in [-0.25, -0.2) is 4.98 Å². The number of pyridine rings is 2. The van der Waals surface area contributed by atoms with Crippen molar-refractivity contribution >= 4 is 27.0 Å². The molecule has 84 valence electrons. The minimum absolute atomic E-state index is 0.605. The summed E-state index contributed by atoms with van der Waals surface area (Å²) in [6.45, 7) is 1.23. The van der Waals surface area contributed by atoms with Crippen molar-refractivity contribution in [2.45, 2.75) is 6.42 Å². The van der Waals surface area contributed by atoms with Crippen molar-refractivity contribution in [3.8, 4) is 5.75 Å². The zero-order valence-electron chi connectivity index (χ0n) is 8.69. The third kappa shape index (κ3) is 2.48. The molecule has 0 aliphatic heterocycles. The van der Waals surface area contributed by atoms with Crippen LogP contribution in [0.3, 0.4) is 0 Å². The molecular formula is C11H12BrN3O. The summed E-state index contributed by atoms with van der Waals surface area (Å²) in [6, 6.07) is 3.73. The first-order valence-corrected chi connectivity index (χ1v) is 5.83. The van der Waals surface area contributed by atoms with Crippen LogP contribution < -0.4 is 10.5 Å². The van der Waals surface area contributed by atoms with E-state index in [1.807, 2.05) is 12.1 Å². The van der Waals surface area contributed by atoms with Crippen LogP contribution in [0, 0.1) is 0 Å². The van der Waals surface area contributed by atoms with Crippen LogP contribution >= 0.6 is 15.9 Å². The van der Waals surface area contributed by atoms with Gasteiger partial charge in [0.15, 0.2) is 0 Å². The highest BCUT2D eigenvalue weighted by Gasteiger charge is 2.04. The lowest BCUT2D eigenvalue weighted by Crippen LogP contribution is -2.06. The van der Waals surface area contributed by atoms with Gasteiger partial charge < -0.3 is 10.5 Å². The molecule has 0 aromatic carbocycles. The minimum atomic E-state index is 0.605. The van der Waals surface area contributed by atoms with Gasteiger partial charge >= 0.3 is 0 Å². The minimum Gasteiger partial charge on any atom is -0.491 e. The molecule has 0 amide bonds. The lowest BCUT2D eigenvalue weighted by atomic mass is 10.3. The third-order valence-corrected chi connectivity index (χ3v) is 2.55. The Morgan fingerprint density at radius 1 is 1.38 bits per heavy atom. The van der Waals surface area contributed by atoms with Crippen LogP contribution in [0.2, 0.25) is 0 Å². The SMILES string of the molecule is NCCCOc1ccnc2cc(Br)cnc12. The summed E-state index contributed by atoms with van der Waals surface area (Å²) < 4.78 is 6.51. The van der Waals surface area contributed by atoms with Crippen molar-refractivity contribution < 1.29 is 4.74 Å². The molecule has 0 bridgehead atoms. The highest BCUT2D eigenvalue weighted by atomic mass is 79.9. The second-order valence-electron chi connectivity index (χ2n) is 3.32. The normalized spacial score (nSPS) is 10.6. The van der Waals surface area contributed by atoms with Crippen LogP contribution in [0.5, 0.6) is 5.75 Å². The van der Waals surface area contributed by atoms with Crippen LogP contribution in [0.15, 0.2) is 29.0 Å². The lowest BCUT2D eigenvalue weighted by molar-refractivity contribution is 0.316. The fourth-order valence-electron chi connectivity index (χ4n) is 1.36. The molecule has 0 aliphatic rings. The number of aromatic nitrogens is 2. The molecule has 0 spiro atoms. The molecule has 2 aromatic rings. The van der Waals surface area contributed by atoms with E-state index in [0.29, 0.717) is 13.2 Å². The maximum atomic E-state index is 5.60. The molecule has 0 saturated heterocycles. The standard InChI is InChI=1S/C11H12BrN3O/c12-8-6-9-11(15-7-8)10(2-4-14-9)16-5-1-3-13/h2,4,6-7H,1,3,5,13H2. The number of fused-ring (bicyclic) bond motifs is 1. The average molecular weight is 282 g/mol. The van der Waals surface area contributed by atoms with Gasteiger partial charge in [-0.15, -0.1) is 0 Å². The number of halogens is 1. The van der Waals surface area contributed by atoms with Gasteiger partial charge in [0, 0.05) is 22.9 Å². The zero-order valence-corrected chi connectivity index (χ0v) is 10.3. The summed E-state index contributed by atoms with van der Waals surface area (Å²) in [5, 5.41) is 0. The molecule has 0 atom stereocenters. The predicted molar refractivity (Wildman–Crippen MR) is 66.4 cm³/mol. The van der Waals surface area contributed by atoms with E-state index in [0.717, 1.165) is 27.7 Å². The summed E-state index contributed by atoms with van der Waals surface area (Å²) >= 11 is 3.36.